The van der Waals surface area contributed by atoms with Crippen LogP contribution in [0.5, 0.6) is 17.2 Å². The summed E-state index contributed by atoms with van der Waals surface area (Å²) in [5, 5.41) is 0. The maximum Gasteiger partial charge on any atom is 0.338 e. The Labute approximate surface area is 132 Å². The smallest absolute Gasteiger partial charge is 0.338 e. The predicted molar refractivity (Wildman–Crippen MR) is 76.3 cm³/mol. The molecule has 0 radical (unpaired) electrons. The summed E-state index contributed by atoms with van der Waals surface area (Å²) in [4.78, 5) is 45.5. The largest absolute Gasteiger partial charge is 0.462 e. The number of hydrogen-bond acceptors (Lipinski definition) is 8. The second-order valence-corrected chi connectivity index (χ2v) is 4.30. The normalized spacial score (nSPS) is 9.74. The lowest BCUT2D eigenvalue weighted by atomic mass is 10.2. The van der Waals surface area contributed by atoms with Crippen molar-refractivity contribution in [3.63, 3.8) is 0 Å². The zero-order valence-electron chi connectivity index (χ0n) is 13.1. The average molecular weight is 324 g/mol. The third-order valence-corrected chi connectivity index (χ3v) is 2.29. The Balaban J connectivity index is 3.48. The zero-order chi connectivity index (χ0) is 17.6. The molecule has 1 aromatic rings. The van der Waals surface area contributed by atoms with Gasteiger partial charge in [-0.05, 0) is 19.1 Å². The van der Waals surface area contributed by atoms with Gasteiger partial charge < -0.3 is 18.9 Å². The molecule has 0 saturated heterocycles. The molecule has 0 aliphatic rings. The highest BCUT2D eigenvalue weighted by Crippen LogP contribution is 2.39. The van der Waals surface area contributed by atoms with Crippen molar-refractivity contribution >= 4 is 23.9 Å². The third kappa shape index (κ3) is 5.42. The van der Waals surface area contributed by atoms with Crippen LogP contribution in [0.3, 0.4) is 0 Å². The first-order chi connectivity index (χ1) is 10.7. The van der Waals surface area contributed by atoms with Gasteiger partial charge in [-0.15, -0.1) is 0 Å². The van der Waals surface area contributed by atoms with E-state index >= 15 is 0 Å². The topological polar surface area (TPSA) is 105 Å². The van der Waals surface area contributed by atoms with E-state index in [0.717, 1.165) is 32.9 Å². The predicted octanol–water partition coefficient (Wildman–Crippen LogP) is 1.64. The van der Waals surface area contributed by atoms with Crippen molar-refractivity contribution in [3.05, 3.63) is 17.7 Å². The average Bonchev–Trinajstić information content (AvgIpc) is 2.40. The first kappa shape index (κ1) is 18.1. The number of benzene rings is 1. The molecule has 0 amide bonds. The molecule has 0 bridgehead atoms. The molecular weight excluding hydrogens is 308 g/mol. The van der Waals surface area contributed by atoms with Gasteiger partial charge in [-0.1, -0.05) is 0 Å². The van der Waals surface area contributed by atoms with Crippen molar-refractivity contribution in [2.75, 3.05) is 6.61 Å². The molecular formula is C15H16O8. The van der Waals surface area contributed by atoms with Gasteiger partial charge in [0, 0.05) is 20.8 Å². The van der Waals surface area contributed by atoms with E-state index in [1.165, 1.54) is 0 Å². The second kappa shape index (κ2) is 7.92. The molecule has 0 aliphatic heterocycles. The molecule has 0 N–H and O–H groups in total. The minimum atomic E-state index is -0.726. The molecule has 0 spiro atoms. The fourth-order valence-electron chi connectivity index (χ4n) is 1.61. The summed E-state index contributed by atoms with van der Waals surface area (Å²) in [5.74, 6) is -3.64. The summed E-state index contributed by atoms with van der Waals surface area (Å²) in [5.41, 5.74) is -0.0322. The third-order valence-electron chi connectivity index (χ3n) is 2.29. The Hall–Kier alpha value is -2.90. The van der Waals surface area contributed by atoms with Crippen molar-refractivity contribution in [2.45, 2.75) is 27.7 Å². The highest BCUT2D eigenvalue weighted by atomic mass is 16.6. The van der Waals surface area contributed by atoms with Gasteiger partial charge in [0.2, 0.25) is 5.75 Å². The summed E-state index contributed by atoms with van der Waals surface area (Å²) >= 11 is 0. The summed E-state index contributed by atoms with van der Waals surface area (Å²) in [7, 11) is 0. The fourth-order valence-corrected chi connectivity index (χ4v) is 1.61. The van der Waals surface area contributed by atoms with Gasteiger partial charge in [-0.25, -0.2) is 4.79 Å². The van der Waals surface area contributed by atoms with Crippen molar-refractivity contribution in [1.29, 1.82) is 0 Å². The van der Waals surface area contributed by atoms with E-state index in [1.54, 1.807) is 6.92 Å². The van der Waals surface area contributed by atoms with Crippen LogP contribution in [0.25, 0.3) is 0 Å². The Morgan fingerprint density at radius 2 is 1.26 bits per heavy atom. The van der Waals surface area contributed by atoms with Crippen LogP contribution in [-0.2, 0) is 19.1 Å². The molecule has 0 heterocycles. The number of carbonyl (C=O) groups excluding carboxylic acids is 4. The van der Waals surface area contributed by atoms with Crippen LogP contribution in [0.1, 0.15) is 38.1 Å². The van der Waals surface area contributed by atoms with Gasteiger partial charge in [0.25, 0.3) is 0 Å². The van der Waals surface area contributed by atoms with Crippen LogP contribution in [0.4, 0.5) is 0 Å². The minimum Gasteiger partial charge on any atom is -0.462 e. The summed E-state index contributed by atoms with van der Waals surface area (Å²) < 4.78 is 19.6. The lowest BCUT2D eigenvalue weighted by molar-refractivity contribution is -0.135. The zero-order valence-corrected chi connectivity index (χ0v) is 13.1. The minimum absolute atomic E-state index is 0.0322. The molecule has 0 unspecified atom stereocenters. The van der Waals surface area contributed by atoms with Crippen LogP contribution in [0, 0.1) is 0 Å². The maximum absolute atomic E-state index is 11.8. The van der Waals surface area contributed by atoms with Crippen molar-refractivity contribution < 1.29 is 38.1 Å². The summed E-state index contributed by atoms with van der Waals surface area (Å²) in [6.45, 7) is 5.11. The Morgan fingerprint density at radius 1 is 0.826 bits per heavy atom. The monoisotopic (exact) mass is 324 g/mol. The quantitative estimate of drug-likeness (QED) is 0.594. The van der Waals surface area contributed by atoms with E-state index in [4.69, 9.17) is 18.9 Å². The first-order valence-electron chi connectivity index (χ1n) is 6.65. The van der Waals surface area contributed by atoms with Crippen LogP contribution in [-0.4, -0.2) is 30.5 Å². The molecule has 0 aliphatic carbocycles. The van der Waals surface area contributed by atoms with Gasteiger partial charge in [0.1, 0.15) is 0 Å². The molecule has 8 heteroatoms. The van der Waals surface area contributed by atoms with E-state index in [9.17, 15) is 19.2 Å². The van der Waals surface area contributed by atoms with E-state index < -0.39 is 23.9 Å². The van der Waals surface area contributed by atoms with Crippen LogP contribution in [0.15, 0.2) is 12.1 Å². The van der Waals surface area contributed by atoms with Crippen molar-refractivity contribution in [3.8, 4) is 17.2 Å². The molecule has 8 nitrogen and oxygen atoms in total. The molecule has 0 aromatic heterocycles. The van der Waals surface area contributed by atoms with Gasteiger partial charge >= 0.3 is 23.9 Å². The fraction of sp³-hybridized carbons (Fsp3) is 0.333. The lowest BCUT2D eigenvalue weighted by Crippen LogP contribution is -2.13. The van der Waals surface area contributed by atoms with E-state index in [0.29, 0.717) is 0 Å². The molecule has 0 fully saturated rings. The molecule has 124 valence electrons. The van der Waals surface area contributed by atoms with Gasteiger partial charge in [0.15, 0.2) is 11.5 Å². The summed E-state index contributed by atoms with van der Waals surface area (Å²) in [6, 6.07) is 2.31. The molecule has 1 rings (SSSR count). The maximum atomic E-state index is 11.8. The Morgan fingerprint density at radius 3 is 1.61 bits per heavy atom. The summed E-state index contributed by atoms with van der Waals surface area (Å²) in [6.07, 6.45) is 0. The van der Waals surface area contributed by atoms with Gasteiger partial charge in [-0.3, -0.25) is 14.4 Å². The van der Waals surface area contributed by atoms with Crippen molar-refractivity contribution in [2.24, 2.45) is 0 Å². The van der Waals surface area contributed by atoms with E-state index in [2.05, 4.69) is 0 Å². The Bertz CT molecular complexity index is 610. The molecule has 23 heavy (non-hydrogen) atoms. The van der Waals surface area contributed by atoms with Gasteiger partial charge in [0.05, 0.1) is 12.2 Å². The van der Waals surface area contributed by atoms with E-state index in [1.807, 2.05) is 0 Å². The van der Waals surface area contributed by atoms with Crippen LogP contribution >= 0.6 is 0 Å². The number of esters is 4. The first-order valence-corrected chi connectivity index (χ1v) is 6.65. The SMILES string of the molecule is CCOC(=O)c1cc(OC(C)=O)c(OC(C)=O)c(OC(C)=O)c1. The second-order valence-electron chi connectivity index (χ2n) is 4.30. The molecule has 1 aromatic carbocycles. The lowest BCUT2D eigenvalue weighted by Gasteiger charge is -2.14. The van der Waals surface area contributed by atoms with Crippen molar-refractivity contribution in [1.82, 2.24) is 0 Å². The Kier molecular flexibility index (Phi) is 6.25. The number of rotatable bonds is 5. The number of carbonyl (C=O) groups is 4. The highest BCUT2D eigenvalue weighted by Gasteiger charge is 2.22. The number of hydrogen-bond donors (Lipinski definition) is 0. The molecule has 0 saturated carbocycles. The molecule has 0 atom stereocenters. The highest BCUT2D eigenvalue weighted by molar-refractivity contribution is 5.92. The van der Waals surface area contributed by atoms with Crippen LogP contribution in [0.2, 0.25) is 0 Å². The number of ether oxygens (including phenoxy) is 4. The van der Waals surface area contributed by atoms with Crippen LogP contribution < -0.4 is 14.2 Å². The van der Waals surface area contributed by atoms with Gasteiger partial charge in [-0.2, -0.15) is 0 Å². The van der Waals surface area contributed by atoms with E-state index in [-0.39, 0.29) is 29.4 Å². The standard InChI is InChI=1S/C15H16O8/c1-5-20-15(19)11-6-12(21-8(2)16)14(23-10(4)18)13(7-11)22-9(3)17/h6-7H,5H2,1-4H3.